The standard InChI is InChI=1S/C17H19N3O/c21-17(14-7-8-14)19-9-4-10-20-15(12-19)11-16(18-20)13-5-2-1-3-6-13/h1-3,5-6,11,14H,4,7-10,12H2. The van der Waals surface area contributed by atoms with Crippen LogP contribution >= 0.6 is 0 Å². The summed E-state index contributed by atoms with van der Waals surface area (Å²) in [6, 6.07) is 12.4. The monoisotopic (exact) mass is 281 g/mol. The van der Waals surface area contributed by atoms with Crippen LogP contribution in [-0.2, 0) is 17.9 Å². The summed E-state index contributed by atoms with van der Waals surface area (Å²) in [5, 5.41) is 4.71. The molecule has 2 aliphatic rings. The highest BCUT2D eigenvalue weighted by molar-refractivity contribution is 5.81. The minimum atomic E-state index is 0.299. The summed E-state index contributed by atoms with van der Waals surface area (Å²) in [7, 11) is 0. The second kappa shape index (κ2) is 5.02. The van der Waals surface area contributed by atoms with Crippen LogP contribution in [0.25, 0.3) is 11.3 Å². The number of carbonyl (C=O) groups is 1. The van der Waals surface area contributed by atoms with Gasteiger partial charge >= 0.3 is 0 Å². The predicted octanol–water partition coefficient (Wildman–Crippen LogP) is 2.69. The average molecular weight is 281 g/mol. The van der Waals surface area contributed by atoms with Crippen LogP contribution in [0.4, 0.5) is 0 Å². The maximum Gasteiger partial charge on any atom is 0.226 e. The van der Waals surface area contributed by atoms with Crippen LogP contribution in [0.3, 0.4) is 0 Å². The van der Waals surface area contributed by atoms with Gasteiger partial charge in [-0.15, -0.1) is 0 Å². The molecular weight excluding hydrogens is 262 g/mol. The highest BCUT2D eigenvalue weighted by Gasteiger charge is 2.34. The maximum absolute atomic E-state index is 12.3. The second-order valence-corrected chi connectivity index (χ2v) is 6.00. The molecule has 0 spiro atoms. The highest BCUT2D eigenvalue weighted by atomic mass is 16.2. The fourth-order valence-electron chi connectivity index (χ4n) is 2.99. The Morgan fingerprint density at radius 3 is 2.71 bits per heavy atom. The quantitative estimate of drug-likeness (QED) is 0.849. The molecule has 1 amide bonds. The largest absolute Gasteiger partial charge is 0.337 e. The molecule has 21 heavy (non-hydrogen) atoms. The molecule has 4 heteroatoms. The molecule has 1 aromatic carbocycles. The van der Waals surface area contributed by atoms with Gasteiger partial charge in [-0.2, -0.15) is 5.10 Å². The van der Waals surface area contributed by atoms with Crippen molar-refractivity contribution in [2.24, 2.45) is 5.92 Å². The minimum Gasteiger partial charge on any atom is -0.337 e. The van der Waals surface area contributed by atoms with E-state index in [0.717, 1.165) is 49.3 Å². The summed E-state index contributed by atoms with van der Waals surface area (Å²) >= 11 is 0. The van der Waals surface area contributed by atoms with E-state index in [9.17, 15) is 4.79 Å². The molecule has 4 nitrogen and oxygen atoms in total. The Hall–Kier alpha value is -2.10. The number of amides is 1. The van der Waals surface area contributed by atoms with Gasteiger partial charge in [0, 0.05) is 24.6 Å². The molecule has 108 valence electrons. The molecule has 0 radical (unpaired) electrons. The van der Waals surface area contributed by atoms with Gasteiger partial charge in [-0.05, 0) is 25.3 Å². The molecule has 0 unspecified atom stereocenters. The molecule has 1 saturated carbocycles. The lowest BCUT2D eigenvalue weighted by Gasteiger charge is -2.19. The van der Waals surface area contributed by atoms with Crippen molar-refractivity contribution < 1.29 is 4.79 Å². The third-order valence-electron chi connectivity index (χ3n) is 4.32. The lowest BCUT2D eigenvalue weighted by atomic mass is 10.1. The number of aryl methyl sites for hydroxylation is 1. The molecule has 2 aromatic rings. The average Bonchev–Trinajstić information content (AvgIpc) is 3.32. The van der Waals surface area contributed by atoms with E-state index in [1.807, 2.05) is 23.1 Å². The first kappa shape index (κ1) is 12.6. The van der Waals surface area contributed by atoms with Crippen molar-refractivity contribution in [2.45, 2.75) is 32.4 Å². The Bertz CT molecular complexity index is 658. The third-order valence-corrected chi connectivity index (χ3v) is 4.32. The third kappa shape index (κ3) is 2.46. The van der Waals surface area contributed by atoms with E-state index < -0.39 is 0 Å². The molecule has 0 saturated heterocycles. The topological polar surface area (TPSA) is 38.1 Å². The van der Waals surface area contributed by atoms with Gasteiger partial charge in [0.1, 0.15) is 0 Å². The molecule has 0 N–H and O–H groups in total. The minimum absolute atomic E-state index is 0.299. The number of aromatic nitrogens is 2. The van der Waals surface area contributed by atoms with Crippen LogP contribution in [0.15, 0.2) is 36.4 Å². The highest BCUT2D eigenvalue weighted by Crippen LogP contribution is 2.32. The van der Waals surface area contributed by atoms with Gasteiger partial charge in [0.2, 0.25) is 5.91 Å². The fourth-order valence-corrected chi connectivity index (χ4v) is 2.99. The van der Waals surface area contributed by atoms with E-state index in [1.165, 1.54) is 0 Å². The van der Waals surface area contributed by atoms with Gasteiger partial charge in [0.05, 0.1) is 17.9 Å². The summed E-state index contributed by atoms with van der Waals surface area (Å²) < 4.78 is 2.07. The van der Waals surface area contributed by atoms with Gasteiger partial charge in [-0.25, -0.2) is 0 Å². The van der Waals surface area contributed by atoms with Gasteiger partial charge in [0.15, 0.2) is 0 Å². The SMILES string of the molecule is O=C(C1CC1)N1CCCn2nc(-c3ccccc3)cc2C1. The Morgan fingerprint density at radius 2 is 1.95 bits per heavy atom. The Labute approximate surface area is 124 Å². The number of hydrogen-bond acceptors (Lipinski definition) is 2. The van der Waals surface area contributed by atoms with Crippen molar-refractivity contribution in [3.63, 3.8) is 0 Å². The van der Waals surface area contributed by atoms with Crippen molar-refractivity contribution in [1.29, 1.82) is 0 Å². The summed E-state index contributed by atoms with van der Waals surface area (Å²) in [5.41, 5.74) is 3.30. The van der Waals surface area contributed by atoms with E-state index in [1.54, 1.807) is 0 Å². The Kier molecular flexibility index (Phi) is 3.02. The Balaban J connectivity index is 1.61. The van der Waals surface area contributed by atoms with Crippen LogP contribution in [0.2, 0.25) is 0 Å². The van der Waals surface area contributed by atoms with E-state index in [4.69, 9.17) is 5.10 Å². The smallest absolute Gasteiger partial charge is 0.226 e. The predicted molar refractivity (Wildman–Crippen MR) is 80.4 cm³/mol. The molecule has 0 bridgehead atoms. The maximum atomic E-state index is 12.3. The van der Waals surface area contributed by atoms with Crippen LogP contribution < -0.4 is 0 Å². The zero-order chi connectivity index (χ0) is 14.2. The molecule has 1 aliphatic carbocycles. The van der Waals surface area contributed by atoms with E-state index in [2.05, 4.69) is 22.9 Å². The van der Waals surface area contributed by atoms with E-state index in [-0.39, 0.29) is 0 Å². The van der Waals surface area contributed by atoms with Crippen LogP contribution in [0, 0.1) is 5.92 Å². The van der Waals surface area contributed by atoms with Gasteiger partial charge in [-0.1, -0.05) is 30.3 Å². The summed E-state index contributed by atoms with van der Waals surface area (Å²) in [6.07, 6.45) is 3.13. The van der Waals surface area contributed by atoms with Crippen molar-refractivity contribution in [3.05, 3.63) is 42.1 Å². The first-order chi connectivity index (χ1) is 10.3. The number of fused-ring (bicyclic) bond motifs is 1. The molecular formula is C17H19N3O. The number of carbonyl (C=O) groups excluding carboxylic acids is 1. The zero-order valence-electron chi connectivity index (χ0n) is 12.0. The van der Waals surface area contributed by atoms with Crippen LogP contribution in [0.1, 0.15) is 25.0 Å². The molecule has 1 fully saturated rings. The van der Waals surface area contributed by atoms with Crippen LogP contribution in [-0.4, -0.2) is 27.1 Å². The molecule has 1 aliphatic heterocycles. The molecule has 4 rings (SSSR count). The van der Waals surface area contributed by atoms with E-state index in [0.29, 0.717) is 18.4 Å². The van der Waals surface area contributed by atoms with Crippen molar-refractivity contribution >= 4 is 5.91 Å². The second-order valence-electron chi connectivity index (χ2n) is 6.00. The Morgan fingerprint density at radius 1 is 1.14 bits per heavy atom. The van der Waals surface area contributed by atoms with Gasteiger partial charge in [-0.3, -0.25) is 9.48 Å². The van der Waals surface area contributed by atoms with Gasteiger partial charge < -0.3 is 4.90 Å². The lowest BCUT2D eigenvalue weighted by Crippen LogP contribution is -2.31. The molecule has 1 aromatic heterocycles. The first-order valence-corrected chi connectivity index (χ1v) is 7.72. The summed E-state index contributed by atoms with van der Waals surface area (Å²) in [6.45, 7) is 2.46. The molecule has 0 atom stereocenters. The lowest BCUT2D eigenvalue weighted by molar-refractivity contribution is -0.133. The first-order valence-electron chi connectivity index (χ1n) is 7.72. The summed E-state index contributed by atoms with van der Waals surface area (Å²) in [4.78, 5) is 14.3. The van der Waals surface area contributed by atoms with Gasteiger partial charge in [0.25, 0.3) is 0 Å². The number of hydrogen-bond donors (Lipinski definition) is 0. The zero-order valence-corrected chi connectivity index (χ0v) is 12.0. The number of nitrogens with zero attached hydrogens (tertiary/aromatic N) is 3. The van der Waals surface area contributed by atoms with Crippen molar-refractivity contribution in [1.82, 2.24) is 14.7 Å². The fraction of sp³-hybridized carbons (Fsp3) is 0.412. The molecule has 2 heterocycles. The van der Waals surface area contributed by atoms with Crippen LogP contribution in [0.5, 0.6) is 0 Å². The van der Waals surface area contributed by atoms with Crippen molar-refractivity contribution in [3.8, 4) is 11.3 Å². The normalized spacial score (nSPS) is 18.2. The van der Waals surface area contributed by atoms with Crippen molar-refractivity contribution in [2.75, 3.05) is 6.54 Å². The summed E-state index contributed by atoms with van der Waals surface area (Å²) in [5.74, 6) is 0.638. The number of rotatable bonds is 2. The van der Waals surface area contributed by atoms with E-state index >= 15 is 0 Å². The number of benzene rings is 1.